The van der Waals surface area contributed by atoms with Crippen LogP contribution in [-0.4, -0.2) is 37.3 Å². The zero-order chi connectivity index (χ0) is 16.8. The molecule has 1 aliphatic rings. The number of nitrogens with zero attached hydrogens (tertiary/aromatic N) is 2. The van der Waals surface area contributed by atoms with Crippen LogP contribution in [0.5, 0.6) is 0 Å². The van der Waals surface area contributed by atoms with Crippen LogP contribution < -0.4 is 15.5 Å². The molecule has 0 atom stereocenters. The molecule has 1 aromatic carbocycles. The molecular formula is C17H19FN4O2. The van der Waals surface area contributed by atoms with Crippen LogP contribution in [0.1, 0.15) is 5.56 Å². The quantitative estimate of drug-likeness (QED) is 0.903. The first-order valence-electron chi connectivity index (χ1n) is 7.79. The van der Waals surface area contributed by atoms with Crippen LogP contribution in [-0.2, 0) is 11.3 Å². The predicted octanol–water partition coefficient (Wildman–Crippen LogP) is 2.38. The Kier molecular flexibility index (Phi) is 5.22. The minimum atomic E-state index is -0.348. The predicted molar refractivity (Wildman–Crippen MR) is 89.5 cm³/mol. The van der Waals surface area contributed by atoms with Crippen molar-refractivity contribution in [1.82, 2.24) is 10.3 Å². The summed E-state index contributed by atoms with van der Waals surface area (Å²) in [6.07, 6.45) is 1.75. The van der Waals surface area contributed by atoms with Gasteiger partial charge in [0, 0.05) is 31.5 Å². The van der Waals surface area contributed by atoms with Crippen molar-refractivity contribution in [2.45, 2.75) is 6.54 Å². The van der Waals surface area contributed by atoms with Crippen LogP contribution in [0.2, 0.25) is 0 Å². The van der Waals surface area contributed by atoms with Gasteiger partial charge in [-0.25, -0.2) is 14.2 Å². The Morgan fingerprint density at radius 3 is 2.58 bits per heavy atom. The number of amides is 2. The van der Waals surface area contributed by atoms with E-state index in [1.54, 1.807) is 6.20 Å². The van der Waals surface area contributed by atoms with Crippen molar-refractivity contribution in [3.63, 3.8) is 0 Å². The van der Waals surface area contributed by atoms with Crippen molar-refractivity contribution in [2.24, 2.45) is 0 Å². The summed E-state index contributed by atoms with van der Waals surface area (Å²) in [5.41, 5.74) is 1.44. The second-order valence-corrected chi connectivity index (χ2v) is 5.44. The second-order valence-electron chi connectivity index (χ2n) is 5.44. The summed E-state index contributed by atoms with van der Waals surface area (Å²) < 4.78 is 18.1. The first-order chi connectivity index (χ1) is 11.7. The lowest BCUT2D eigenvalue weighted by Gasteiger charge is -2.27. The number of aromatic nitrogens is 1. The standard InChI is InChI=1S/C17H19FN4O2/c18-14-2-4-15(5-3-14)21-17(23)20-12-13-1-6-16(19-11-13)22-7-9-24-10-8-22/h1-6,11H,7-10,12H2,(H2,20,21,23). The molecule has 2 N–H and O–H groups in total. The number of ether oxygens (including phenoxy) is 1. The van der Waals surface area contributed by atoms with E-state index < -0.39 is 0 Å². The minimum absolute atomic E-state index is 0.340. The lowest BCUT2D eigenvalue weighted by Crippen LogP contribution is -2.36. The Hall–Kier alpha value is -2.67. The normalized spacial score (nSPS) is 14.3. The lowest BCUT2D eigenvalue weighted by atomic mass is 10.2. The molecule has 2 amide bonds. The number of nitrogens with one attached hydrogen (secondary N) is 2. The largest absolute Gasteiger partial charge is 0.378 e. The topological polar surface area (TPSA) is 66.5 Å². The van der Waals surface area contributed by atoms with Gasteiger partial charge >= 0.3 is 6.03 Å². The number of urea groups is 1. The number of rotatable bonds is 4. The van der Waals surface area contributed by atoms with Crippen LogP contribution >= 0.6 is 0 Å². The third kappa shape index (κ3) is 4.42. The molecule has 0 radical (unpaired) electrons. The van der Waals surface area contributed by atoms with Gasteiger partial charge in [-0.2, -0.15) is 0 Å². The minimum Gasteiger partial charge on any atom is -0.378 e. The molecule has 1 saturated heterocycles. The molecule has 2 aromatic rings. The van der Waals surface area contributed by atoms with Gasteiger partial charge in [-0.15, -0.1) is 0 Å². The zero-order valence-electron chi connectivity index (χ0n) is 13.2. The van der Waals surface area contributed by atoms with Crippen LogP contribution in [0, 0.1) is 5.82 Å². The van der Waals surface area contributed by atoms with Gasteiger partial charge in [0.25, 0.3) is 0 Å². The maximum absolute atomic E-state index is 12.8. The number of anilines is 2. The van der Waals surface area contributed by atoms with Gasteiger partial charge in [0.05, 0.1) is 13.2 Å². The molecule has 1 fully saturated rings. The van der Waals surface area contributed by atoms with E-state index in [9.17, 15) is 9.18 Å². The van der Waals surface area contributed by atoms with E-state index in [4.69, 9.17) is 4.74 Å². The summed E-state index contributed by atoms with van der Waals surface area (Å²) in [6.45, 7) is 3.47. The second kappa shape index (κ2) is 7.74. The molecular weight excluding hydrogens is 311 g/mol. The Balaban J connectivity index is 1.49. The molecule has 0 unspecified atom stereocenters. The Morgan fingerprint density at radius 1 is 1.17 bits per heavy atom. The Morgan fingerprint density at radius 2 is 1.92 bits per heavy atom. The third-order valence-corrected chi connectivity index (χ3v) is 3.70. The lowest BCUT2D eigenvalue weighted by molar-refractivity contribution is 0.122. The third-order valence-electron chi connectivity index (χ3n) is 3.70. The summed E-state index contributed by atoms with van der Waals surface area (Å²) in [5.74, 6) is 0.574. The zero-order valence-corrected chi connectivity index (χ0v) is 13.2. The summed E-state index contributed by atoms with van der Waals surface area (Å²) in [7, 11) is 0. The van der Waals surface area contributed by atoms with Gasteiger partial charge in [0.15, 0.2) is 0 Å². The fraction of sp³-hybridized carbons (Fsp3) is 0.294. The van der Waals surface area contributed by atoms with Crippen molar-refractivity contribution >= 4 is 17.5 Å². The molecule has 0 aliphatic carbocycles. The SMILES string of the molecule is O=C(NCc1ccc(N2CCOCC2)nc1)Nc1ccc(F)cc1. The Labute approximate surface area is 139 Å². The van der Waals surface area contributed by atoms with E-state index in [0.717, 1.165) is 24.5 Å². The summed E-state index contributed by atoms with van der Waals surface area (Å²) >= 11 is 0. The van der Waals surface area contributed by atoms with Crippen molar-refractivity contribution in [1.29, 1.82) is 0 Å². The first kappa shape index (κ1) is 16.2. The fourth-order valence-corrected chi connectivity index (χ4v) is 2.39. The fourth-order valence-electron chi connectivity index (χ4n) is 2.39. The van der Waals surface area contributed by atoms with E-state index in [1.807, 2.05) is 12.1 Å². The number of pyridine rings is 1. The summed E-state index contributed by atoms with van der Waals surface area (Å²) in [6, 6.07) is 9.14. The molecule has 1 aromatic heterocycles. The number of hydrogen-bond donors (Lipinski definition) is 2. The van der Waals surface area contributed by atoms with Crippen LogP contribution in [0.25, 0.3) is 0 Å². The molecule has 7 heteroatoms. The Bertz CT molecular complexity index is 670. The van der Waals surface area contributed by atoms with Gasteiger partial charge in [0.1, 0.15) is 11.6 Å². The highest BCUT2D eigenvalue weighted by atomic mass is 19.1. The molecule has 24 heavy (non-hydrogen) atoms. The van der Waals surface area contributed by atoms with E-state index in [1.165, 1.54) is 24.3 Å². The highest BCUT2D eigenvalue weighted by molar-refractivity contribution is 5.89. The summed E-state index contributed by atoms with van der Waals surface area (Å²) in [5, 5.41) is 5.39. The number of morpholine rings is 1. The maximum Gasteiger partial charge on any atom is 0.319 e. The molecule has 6 nitrogen and oxygen atoms in total. The number of carbonyl (C=O) groups is 1. The molecule has 126 valence electrons. The van der Waals surface area contributed by atoms with E-state index >= 15 is 0 Å². The van der Waals surface area contributed by atoms with Crippen LogP contribution in [0.3, 0.4) is 0 Å². The molecule has 2 heterocycles. The highest BCUT2D eigenvalue weighted by Crippen LogP contribution is 2.13. The average molecular weight is 330 g/mol. The van der Waals surface area contributed by atoms with Gasteiger partial charge < -0.3 is 20.3 Å². The molecule has 0 saturated carbocycles. The maximum atomic E-state index is 12.8. The number of hydrogen-bond acceptors (Lipinski definition) is 4. The van der Waals surface area contributed by atoms with Gasteiger partial charge in [-0.05, 0) is 35.9 Å². The van der Waals surface area contributed by atoms with Crippen molar-refractivity contribution < 1.29 is 13.9 Å². The molecule has 3 rings (SSSR count). The van der Waals surface area contributed by atoms with Gasteiger partial charge in [0.2, 0.25) is 0 Å². The number of benzene rings is 1. The smallest absolute Gasteiger partial charge is 0.319 e. The molecule has 1 aliphatic heterocycles. The van der Waals surface area contributed by atoms with E-state index in [2.05, 4.69) is 20.5 Å². The number of carbonyl (C=O) groups excluding carboxylic acids is 1. The van der Waals surface area contributed by atoms with Crippen molar-refractivity contribution in [2.75, 3.05) is 36.5 Å². The van der Waals surface area contributed by atoms with Crippen LogP contribution in [0.15, 0.2) is 42.6 Å². The molecule has 0 bridgehead atoms. The van der Waals surface area contributed by atoms with E-state index in [-0.39, 0.29) is 11.8 Å². The van der Waals surface area contributed by atoms with Gasteiger partial charge in [-0.3, -0.25) is 0 Å². The van der Waals surface area contributed by atoms with Crippen molar-refractivity contribution in [3.8, 4) is 0 Å². The van der Waals surface area contributed by atoms with Crippen molar-refractivity contribution in [3.05, 3.63) is 54.0 Å². The first-order valence-corrected chi connectivity index (χ1v) is 7.79. The highest BCUT2D eigenvalue weighted by Gasteiger charge is 2.12. The summed E-state index contributed by atoms with van der Waals surface area (Å²) in [4.78, 5) is 18.4. The number of halogens is 1. The molecule has 0 spiro atoms. The average Bonchev–Trinajstić information content (AvgIpc) is 2.63. The van der Waals surface area contributed by atoms with Gasteiger partial charge in [-0.1, -0.05) is 6.07 Å². The monoisotopic (exact) mass is 330 g/mol. The van der Waals surface area contributed by atoms with Crippen LogP contribution in [0.4, 0.5) is 20.7 Å². The van der Waals surface area contributed by atoms with E-state index in [0.29, 0.717) is 25.4 Å².